The number of para-hydroxylation sites is 1. The molecule has 32 heavy (non-hydrogen) atoms. The van der Waals surface area contributed by atoms with Crippen LogP contribution in [0.15, 0.2) is 82.4 Å². The van der Waals surface area contributed by atoms with E-state index in [1.165, 1.54) is 24.1 Å². The Bertz CT molecular complexity index is 1210. The Morgan fingerprint density at radius 1 is 1.16 bits per heavy atom. The minimum absolute atomic E-state index is 0.0965. The lowest BCUT2D eigenvalue weighted by Crippen LogP contribution is -2.25. The fourth-order valence-corrected chi connectivity index (χ4v) is 3.69. The number of hydrogen-bond donors (Lipinski definition) is 0. The van der Waals surface area contributed by atoms with Gasteiger partial charge in [0, 0.05) is 29.1 Å². The molecule has 1 heterocycles. The summed E-state index contributed by atoms with van der Waals surface area (Å²) in [5.74, 6) is 0.375. The Kier molecular flexibility index (Phi) is 6.18. The lowest BCUT2D eigenvalue weighted by molar-refractivity contribution is -0.385. The average molecular weight is 496 g/mol. The Hall–Kier alpha value is -3.72. The highest BCUT2D eigenvalue weighted by atomic mass is 79.9. The lowest BCUT2D eigenvalue weighted by Gasteiger charge is -2.19. The standard InChI is InChI=1S/C23H18BrN3O5/c1-15(28)26-23(17-7-5-9-19(13-17)27(29)30)32-22(25-26)20-10-2-3-11-21(20)31-14-16-6-4-8-18(24)12-16/h2-13,23H,14H2,1H3/t23-/m1/s1. The van der Waals surface area contributed by atoms with Crippen LogP contribution in [0.3, 0.4) is 0 Å². The highest BCUT2D eigenvalue weighted by Gasteiger charge is 2.34. The third-order valence-corrected chi connectivity index (χ3v) is 5.23. The van der Waals surface area contributed by atoms with E-state index in [9.17, 15) is 14.9 Å². The van der Waals surface area contributed by atoms with Gasteiger partial charge in [0.15, 0.2) is 0 Å². The highest BCUT2D eigenvalue weighted by Crippen LogP contribution is 2.34. The molecular formula is C23H18BrN3O5. The van der Waals surface area contributed by atoms with Crippen LogP contribution >= 0.6 is 15.9 Å². The van der Waals surface area contributed by atoms with E-state index in [0.717, 1.165) is 10.0 Å². The number of rotatable bonds is 6. The maximum absolute atomic E-state index is 12.2. The summed E-state index contributed by atoms with van der Waals surface area (Å²) >= 11 is 3.45. The quantitative estimate of drug-likeness (QED) is 0.347. The van der Waals surface area contributed by atoms with Crippen LogP contribution in [0.4, 0.5) is 5.69 Å². The van der Waals surface area contributed by atoms with Crippen molar-refractivity contribution in [3.63, 3.8) is 0 Å². The van der Waals surface area contributed by atoms with Crippen molar-refractivity contribution in [2.75, 3.05) is 0 Å². The zero-order valence-corrected chi connectivity index (χ0v) is 18.6. The summed E-state index contributed by atoms with van der Waals surface area (Å²) in [5, 5.41) is 16.7. The number of nitro groups is 1. The fraction of sp³-hybridized carbons (Fsp3) is 0.130. The van der Waals surface area contributed by atoms with E-state index in [1.807, 2.05) is 36.4 Å². The topological polar surface area (TPSA) is 94.3 Å². The van der Waals surface area contributed by atoms with Gasteiger partial charge in [0.25, 0.3) is 5.69 Å². The predicted octanol–water partition coefficient (Wildman–Crippen LogP) is 5.18. The van der Waals surface area contributed by atoms with Gasteiger partial charge in [-0.3, -0.25) is 14.9 Å². The summed E-state index contributed by atoms with van der Waals surface area (Å²) in [5.41, 5.74) is 1.89. The number of carbonyl (C=O) groups excluding carboxylic acids is 1. The molecule has 1 amide bonds. The molecule has 0 unspecified atom stereocenters. The minimum atomic E-state index is -0.916. The summed E-state index contributed by atoms with van der Waals surface area (Å²) in [6, 6.07) is 20.9. The molecule has 0 saturated heterocycles. The van der Waals surface area contributed by atoms with Crippen LogP contribution < -0.4 is 4.74 Å². The molecule has 162 valence electrons. The molecule has 1 aliphatic rings. The highest BCUT2D eigenvalue weighted by molar-refractivity contribution is 9.10. The zero-order valence-electron chi connectivity index (χ0n) is 17.0. The zero-order chi connectivity index (χ0) is 22.7. The van der Waals surface area contributed by atoms with Crippen molar-refractivity contribution in [2.24, 2.45) is 5.10 Å². The van der Waals surface area contributed by atoms with Gasteiger partial charge in [-0.05, 0) is 29.8 Å². The number of benzene rings is 3. The Morgan fingerprint density at radius 2 is 1.94 bits per heavy atom. The monoisotopic (exact) mass is 495 g/mol. The van der Waals surface area contributed by atoms with Crippen molar-refractivity contribution in [1.29, 1.82) is 0 Å². The average Bonchev–Trinajstić information content (AvgIpc) is 3.24. The lowest BCUT2D eigenvalue weighted by atomic mass is 10.1. The molecule has 3 aromatic carbocycles. The van der Waals surface area contributed by atoms with Crippen molar-refractivity contribution in [3.05, 3.63) is 104 Å². The number of ether oxygens (including phenoxy) is 2. The van der Waals surface area contributed by atoms with Crippen LogP contribution in [0.5, 0.6) is 5.75 Å². The summed E-state index contributed by atoms with van der Waals surface area (Å²) in [6.07, 6.45) is -0.916. The van der Waals surface area contributed by atoms with Gasteiger partial charge in [0.1, 0.15) is 12.4 Å². The van der Waals surface area contributed by atoms with E-state index in [0.29, 0.717) is 23.5 Å². The van der Waals surface area contributed by atoms with E-state index < -0.39 is 11.2 Å². The maximum atomic E-state index is 12.2. The number of hydrazone groups is 1. The van der Waals surface area contributed by atoms with Gasteiger partial charge < -0.3 is 9.47 Å². The van der Waals surface area contributed by atoms with E-state index in [-0.39, 0.29) is 17.5 Å². The Labute approximate surface area is 192 Å². The molecule has 0 spiro atoms. The van der Waals surface area contributed by atoms with Gasteiger partial charge in [-0.15, -0.1) is 5.10 Å². The SMILES string of the molecule is CC(=O)N1N=C(c2ccccc2OCc2cccc(Br)c2)O[C@@H]1c1cccc([N+](=O)[O-])c1. The Morgan fingerprint density at radius 3 is 2.69 bits per heavy atom. The second-order valence-electron chi connectivity index (χ2n) is 7.01. The number of nitrogens with zero attached hydrogens (tertiary/aromatic N) is 3. The molecule has 1 atom stereocenters. The molecule has 1 aliphatic heterocycles. The largest absolute Gasteiger partial charge is 0.488 e. The molecule has 0 fully saturated rings. The van der Waals surface area contributed by atoms with Gasteiger partial charge in [-0.1, -0.05) is 52.3 Å². The second-order valence-corrected chi connectivity index (χ2v) is 7.92. The van der Waals surface area contributed by atoms with E-state index >= 15 is 0 Å². The van der Waals surface area contributed by atoms with Gasteiger partial charge >= 0.3 is 0 Å². The second kappa shape index (κ2) is 9.19. The molecule has 4 rings (SSSR count). The summed E-state index contributed by atoms with van der Waals surface area (Å²) in [6.45, 7) is 1.68. The van der Waals surface area contributed by atoms with Crippen LogP contribution in [-0.2, 0) is 16.1 Å². The summed E-state index contributed by atoms with van der Waals surface area (Å²) < 4.78 is 13.0. The van der Waals surface area contributed by atoms with Crippen molar-refractivity contribution in [2.45, 2.75) is 19.8 Å². The number of amides is 1. The molecule has 8 nitrogen and oxygen atoms in total. The van der Waals surface area contributed by atoms with Crippen LogP contribution in [0.2, 0.25) is 0 Å². The molecule has 0 saturated carbocycles. The minimum Gasteiger partial charge on any atom is -0.488 e. The maximum Gasteiger partial charge on any atom is 0.269 e. The molecule has 9 heteroatoms. The predicted molar refractivity (Wildman–Crippen MR) is 121 cm³/mol. The first-order valence-corrected chi connectivity index (χ1v) is 10.5. The van der Waals surface area contributed by atoms with Crippen molar-refractivity contribution < 1.29 is 19.2 Å². The van der Waals surface area contributed by atoms with Crippen molar-refractivity contribution >= 4 is 33.4 Å². The van der Waals surface area contributed by atoms with Gasteiger partial charge in [0.05, 0.1) is 10.5 Å². The van der Waals surface area contributed by atoms with Crippen LogP contribution in [-0.4, -0.2) is 21.7 Å². The van der Waals surface area contributed by atoms with Crippen LogP contribution in [0.1, 0.15) is 29.8 Å². The summed E-state index contributed by atoms with van der Waals surface area (Å²) in [7, 11) is 0. The number of hydrogen-bond acceptors (Lipinski definition) is 6. The van der Waals surface area contributed by atoms with Crippen molar-refractivity contribution in [3.8, 4) is 5.75 Å². The van der Waals surface area contributed by atoms with Crippen LogP contribution in [0.25, 0.3) is 0 Å². The number of non-ortho nitro benzene ring substituents is 1. The fourth-order valence-electron chi connectivity index (χ4n) is 3.24. The molecule has 3 aromatic rings. The van der Waals surface area contributed by atoms with Crippen molar-refractivity contribution in [1.82, 2.24) is 5.01 Å². The first kappa shape index (κ1) is 21.5. The number of nitro benzene ring substituents is 1. The molecule has 0 bridgehead atoms. The normalized spacial score (nSPS) is 15.1. The van der Waals surface area contributed by atoms with E-state index in [2.05, 4.69) is 21.0 Å². The first-order valence-electron chi connectivity index (χ1n) is 9.68. The summed E-state index contributed by atoms with van der Waals surface area (Å²) in [4.78, 5) is 22.9. The molecule has 0 N–H and O–H groups in total. The Balaban J connectivity index is 1.61. The first-order chi connectivity index (χ1) is 15.4. The molecule has 0 aromatic heterocycles. The van der Waals surface area contributed by atoms with Gasteiger partial charge in [0.2, 0.25) is 18.0 Å². The number of halogens is 1. The smallest absolute Gasteiger partial charge is 0.269 e. The molecule has 0 radical (unpaired) electrons. The molecule has 0 aliphatic carbocycles. The number of carbonyl (C=O) groups is 1. The molecular weight excluding hydrogens is 478 g/mol. The van der Waals surface area contributed by atoms with E-state index in [1.54, 1.807) is 24.3 Å². The van der Waals surface area contributed by atoms with Gasteiger partial charge in [-0.2, -0.15) is 5.01 Å². The van der Waals surface area contributed by atoms with Gasteiger partial charge in [-0.25, -0.2) is 0 Å². The third-order valence-electron chi connectivity index (χ3n) is 4.73. The third kappa shape index (κ3) is 4.62. The van der Waals surface area contributed by atoms with E-state index in [4.69, 9.17) is 9.47 Å². The van der Waals surface area contributed by atoms with Crippen LogP contribution in [0, 0.1) is 10.1 Å².